The maximum atomic E-state index is 12.7. The number of rotatable bonds is 5. The Morgan fingerprint density at radius 1 is 1.43 bits per heavy atom. The number of aliphatic hydroxyl groups excluding tert-OH is 1. The largest absolute Gasteiger partial charge is 0.392 e. The maximum absolute atomic E-state index is 12.7. The van der Waals surface area contributed by atoms with Crippen LogP contribution in [0.25, 0.3) is 0 Å². The number of aliphatic hydroxyl groups is 1. The van der Waals surface area contributed by atoms with E-state index in [1.165, 1.54) is 16.4 Å². The molecule has 0 saturated carbocycles. The number of nitrogens with zero attached hydrogens (tertiary/aromatic N) is 1. The average Bonchev–Trinajstić information content (AvgIpc) is 2.90. The van der Waals surface area contributed by atoms with E-state index in [1.54, 1.807) is 7.11 Å². The minimum atomic E-state index is -3.73. The van der Waals surface area contributed by atoms with Gasteiger partial charge in [0.25, 0.3) is 0 Å². The quantitative estimate of drug-likeness (QED) is 0.880. The molecular weight excluding hydrogens is 337 g/mol. The molecule has 1 aromatic rings. The maximum Gasteiger partial charge on any atom is 0.244 e. The van der Waals surface area contributed by atoms with Gasteiger partial charge in [-0.05, 0) is 30.0 Å². The summed E-state index contributed by atoms with van der Waals surface area (Å²) in [5.41, 5.74) is 0.301. The lowest BCUT2D eigenvalue weighted by Crippen LogP contribution is -2.29. The van der Waals surface area contributed by atoms with Gasteiger partial charge in [0, 0.05) is 25.2 Å². The van der Waals surface area contributed by atoms with Gasteiger partial charge in [-0.25, -0.2) is 8.42 Å². The molecule has 1 aromatic carbocycles. The van der Waals surface area contributed by atoms with Crippen LogP contribution < -0.4 is 0 Å². The smallest absolute Gasteiger partial charge is 0.244 e. The summed E-state index contributed by atoms with van der Waals surface area (Å²) in [5.74, 6) is 0.181. The first-order valence-electron chi connectivity index (χ1n) is 6.48. The molecule has 0 radical (unpaired) electrons. The molecule has 1 fully saturated rings. The fraction of sp³-hybridized carbons (Fsp3) is 0.538. The summed E-state index contributed by atoms with van der Waals surface area (Å²) in [7, 11) is -2.13. The molecule has 0 bridgehead atoms. The lowest BCUT2D eigenvalue weighted by Gasteiger charge is -2.18. The van der Waals surface area contributed by atoms with Crippen LogP contribution in [-0.4, -0.2) is 44.6 Å². The van der Waals surface area contributed by atoms with E-state index in [1.807, 2.05) is 0 Å². The van der Waals surface area contributed by atoms with Crippen LogP contribution in [0.1, 0.15) is 12.0 Å². The molecular formula is C13H17Cl2NO4S. The van der Waals surface area contributed by atoms with Crippen molar-refractivity contribution in [3.8, 4) is 0 Å². The van der Waals surface area contributed by atoms with Crippen LogP contribution in [-0.2, 0) is 21.4 Å². The molecule has 1 aliphatic heterocycles. The van der Waals surface area contributed by atoms with Crippen molar-refractivity contribution in [3.05, 3.63) is 27.7 Å². The van der Waals surface area contributed by atoms with Gasteiger partial charge >= 0.3 is 0 Å². The summed E-state index contributed by atoms with van der Waals surface area (Å²) in [6.45, 7) is 0.979. The molecule has 0 aliphatic carbocycles. The Bertz CT molecular complexity index is 621. The highest BCUT2D eigenvalue weighted by Crippen LogP contribution is 2.33. The molecule has 2 rings (SSSR count). The van der Waals surface area contributed by atoms with E-state index in [4.69, 9.17) is 27.9 Å². The number of hydrogen-bond donors (Lipinski definition) is 1. The van der Waals surface area contributed by atoms with Gasteiger partial charge in [-0.1, -0.05) is 23.2 Å². The molecule has 21 heavy (non-hydrogen) atoms. The summed E-state index contributed by atoms with van der Waals surface area (Å²) in [5, 5.41) is 9.50. The molecule has 8 heteroatoms. The van der Waals surface area contributed by atoms with Crippen LogP contribution in [0.3, 0.4) is 0 Å². The average molecular weight is 354 g/mol. The number of benzene rings is 1. The molecule has 0 spiro atoms. The monoisotopic (exact) mass is 353 g/mol. The Balaban J connectivity index is 2.35. The highest BCUT2D eigenvalue weighted by Gasteiger charge is 2.34. The van der Waals surface area contributed by atoms with Crippen molar-refractivity contribution < 1.29 is 18.3 Å². The highest BCUT2D eigenvalue weighted by atomic mass is 35.5. The molecule has 1 N–H and O–H groups in total. The van der Waals surface area contributed by atoms with Gasteiger partial charge in [0.1, 0.15) is 4.90 Å². The van der Waals surface area contributed by atoms with Crippen LogP contribution in [0, 0.1) is 5.92 Å². The van der Waals surface area contributed by atoms with E-state index in [0.717, 1.165) is 6.42 Å². The van der Waals surface area contributed by atoms with Crippen LogP contribution in [0.4, 0.5) is 0 Å². The molecule has 5 nitrogen and oxygen atoms in total. The molecule has 1 atom stereocenters. The molecule has 0 aromatic heterocycles. The lowest BCUT2D eigenvalue weighted by molar-refractivity contribution is 0.157. The minimum Gasteiger partial charge on any atom is -0.392 e. The summed E-state index contributed by atoms with van der Waals surface area (Å²) in [6, 6.07) is 2.78. The third kappa shape index (κ3) is 3.52. The highest BCUT2D eigenvalue weighted by molar-refractivity contribution is 7.89. The first-order chi connectivity index (χ1) is 9.90. The van der Waals surface area contributed by atoms with E-state index in [-0.39, 0.29) is 27.5 Å². The normalized spacial score (nSPS) is 20.1. The second-order valence-electron chi connectivity index (χ2n) is 5.01. The first-order valence-corrected chi connectivity index (χ1v) is 8.67. The zero-order chi connectivity index (χ0) is 15.6. The van der Waals surface area contributed by atoms with Crippen LogP contribution >= 0.6 is 23.2 Å². The van der Waals surface area contributed by atoms with Crippen LogP contribution in [0.2, 0.25) is 10.0 Å². The van der Waals surface area contributed by atoms with Gasteiger partial charge in [0.15, 0.2) is 0 Å². The van der Waals surface area contributed by atoms with Crippen molar-refractivity contribution in [2.45, 2.75) is 17.9 Å². The molecule has 0 amide bonds. The third-order valence-electron chi connectivity index (χ3n) is 3.52. The Labute approximate surface area is 134 Å². The van der Waals surface area contributed by atoms with Crippen molar-refractivity contribution >= 4 is 33.2 Å². The lowest BCUT2D eigenvalue weighted by atomic mass is 10.1. The van der Waals surface area contributed by atoms with Gasteiger partial charge in [-0.15, -0.1) is 0 Å². The van der Waals surface area contributed by atoms with E-state index >= 15 is 0 Å². The third-order valence-corrected chi connectivity index (χ3v) is 6.18. The second-order valence-corrected chi connectivity index (χ2v) is 7.73. The summed E-state index contributed by atoms with van der Waals surface area (Å²) in [6.07, 6.45) is 0.748. The predicted molar refractivity (Wildman–Crippen MR) is 81.1 cm³/mol. The number of halogens is 2. The Hall–Kier alpha value is -0.370. The summed E-state index contributed by atoms with van der Waals surface area (Å²) >= 11 is 12.0. The molecule has 1 heterocycles. The fourth-order valence-corrected chi connectivity index (χ4v) is 4.88. The van der Waals surface area contributed by atoms with Gasteiger partial charge in [0.05, 0.1) is 18.2 Å². The first kappa shape index (κ1) is 17.0. The van der Waals surface area contributed by atoms with Crippen molar-refractivity contribution in [3.63, 3.8) is 0 Å². The number of methoxy groups -OCH3 is 1. The van der Waals surface area contributed by atoms with E-state index in [9.17, 15) is 13.5 Å². The molecule has 1 saturated heterocycles. The number of sulfonamides is 1. The van der Waals surface area contributed by atoms with Crippen molar-refractivity contribution in [2.24, 2.45) is 5.92 Å². The molecule has 1 aliphatic rings. The van der Waals surface area contributed by atoms with Gasteiger partial charge in [-0.2, -0.15) is 4.31 Å². The number of ether oxygens (including phenoxy) is 1. The molecule has 1 unspecified atom stereocenters. The van der Waals surface area contributed by atoms with Gasteiger partial charge in [-0.3, -0.25) is 0 Å². The van der Waals surface area contributed by atoms with E-state index < -0.39 is 10.0 Å². The Morgan fingerprint density at radius 3 is 2.76 bits per heavy atom. The standard InChI is InChI=1S/C13H17Cl2NO4S/c1-20-8-9-2-3-16(6-9)21(18,19)12-5-11(14)4-10(7-17)13(12)15/h4-5,9,17H,2-3,6-8H2,1H3. The summed E-state index contributed by atoms with van der Waals surface area (Å²) in [4.78, 5) is -0.0567. The minimum absolute atomic E-state index is 0.0251. The van der Waals surface area contributed by atoms with E-state index in [2.05, 4.69) is 0 Å². The van der Waals surface area contributed by atoms with Crippen molar-refractivity contribution in [1.82, 2.24) is 4.31 Å². The summed E-state index contributed by atoms with van der Waals surface area (Å²) < 4.78 is 31.8. The van der Waals surface area contributed by atoms with Gasteiger partial charge in [0.2, 0.25) is 10.0 Å². The topological polar surface area (TPSA) is 66.8 Å². The Kier molecular flexibility index (Phi) is 5.51. The van der Waals surface area contributed by atoms with E-state index in [0.29, 0.717) is 25.3 Å². The fourth-order valence-electron chi connectivity index (χ4n) is 2.45. The predicted octanol–water partition coefficient (Wildman–Crippen LogP) is 2.14. The van der Waals surface area contributed by atoms with Crippen molar-refractivity contribution in [2.75, 3.05) is 26.8 Å². The van der Waals surface area contributed by atoms with Gasteiger partial charge < -0.3 is 9.84 Å². The second kappa shape index (κ2) is 6.81. The Morgan fingerprint density at radius 2 is 2.14 bits per heavy atom. The zero-order valence-electron chi connectivity index (χ0n) is 11.6. The SMILES string of the molecule is COCC1CCN(S(=O)(=O)c2cc(Cl)cc(CO)c2Cl)C1. The molecule has 118 valence electrons. The zero-order valence-corrected chi connectivity index (χ0v) is 13.9. The van der Waals surface area contributed by atoms with Crippen LogP contribution in [0.5, 0.6) is 0 Å². The van der Waals surface area contributed by atoms with Crippen molar-refractivity contribution in [1.29, 1.82) is 0 Å². The van der Waals surface area contributed by atoms with Crippen LogP contribution in [0.15, 0.2) is 17.0 Å². The number of hydrogen-bond acceptors (Lipinski definition) is 4.